The molecular weight excluding hydrogens is 246 g/mol. The van der Waals surface area contributed by atoms with Crippen molar-refractivity contribution in [2.45, 2.75) is 13.3 Å². The van der Waals surface area contributed by atoms with Crippen LogP contribution in [0, 0.1) is 0 Å². The minimum Gasteiger partial charge on any atom is -0.452 e. The van der Waals surface area contributed by atoms with Gasteiger partial charge in [-0.05, 0) is 24.2 Å². The molecule has 0 atom stereocenters. The van der Waals surface area contributed by atoms with Gasteiger partial charge in [-0.25, -0.2) is 0 Å². The van der Waals surface area contributed by atoms with E-state index in [9.17, 15) is 0 Å². The highest BCUT2D eigenvalue weighted by atomic mass is 35.5. The molecule has 0 amide bonds. The summed E-state index contributed by atoms with van der Waals surface area (Å²) >= 11 is 7.42. The van der Waals surface area contributed by atoms with E-state index < -0.39 is 0 Å². The molecule has 0 bridgehead atoms. The standard InChI is InChI=1S/C10H12ClN3OS/c1-2-12-5-3-8-13-14-10(16-8)7-4-6-15-9(7)11/h4,6,12H,2-3,5H2,1H3. The summed E-state index contributed by atoms with van der Waals surface area (Å²) in [7, 11) is 0. The fraction of sp³-hybridized carbons (Fsp3) is 0.400. The zero-order chi connectivity index (χ0) is 11.4. The van der Waals surface area contributed by atoms with Crippen molar-refractivity contribution in [2.75, 3.05) is 13.1 Å². The summed E-state index contributed by atoms with van der Waals surface area (Å²) in [6.45, 7) is 3.97. The molecular formula is C10H12ClN3OS. The first-order valence-corrected chi connectivity index (χ1v) is 6.27. The Bertz CT molecular complexity index is 454. The van der Waals surface area contributed by atoms with Crippen molar-refractivity contribution in [2.24, 2.45) is 0 Å². The van der Waals surface area contributed by atoms with Gasteiger partial charge in [-0.1, -0.05) is 18.3 Å². The molecule has 6 heteroatoms. The maximum Gasteiger partial charge on any atom is 0.203 e. The molecule has 2 rings (SSSR count). The van der Waals surface area contributed by atoms with Crippen LogP contribution in [0.1, 0.15) is 11.9 Å². The molecule has 4 nitrogen and oxygen atoms in total. The van der Waals surface area contributed by atoms with Crippen molar-refractivity contribution in [1.29, 1.82) is 0 Å². The van der Waals surface area contributed by atoms with Crippen molar-refractivity contribution in [3.05, 3.63) is 22.6 Å². The second kappa shape index (κ2) is 5.43. The first-order chi connectivity index (χ1) is 7.81. The van der Waals surface area contributed by atoms with Crippen molar-refractivity contribution >= 4 is 22.9 Å². The molecule has 1 N–H and O–H groups in total. The normalized spacial score (nSPS) is 10.9. The fourth-order valence-electron chi connectivity index (χ4n) is 1.28. The molecule has 0 saturated carbocycles. The minimum atomic E-state index is 0.370. The Balaban J connectivity index is 2.05. The van der Waals surface area contributed by atoms with Gasteiger partial charge in [0.15, 0.2) is 5.01 Å². The maximum absolute atomic E-state index is 5.87. The highest BCUT2D eigenvalue weighted by molar-refractivity contribution is 7.14. The highest BCUT2D eigenvalue weighted by Crippen LogP contribution is 2.30. The minimum absolute atomic E-state index is 0.370. The second-order valence-electron chi connectivity index (χ2n) is 3.21. The first-order valence-electron chi connectivity index (χ1n) is 5.07. The Labute approximate surface area is 103 Å². The second-order valence-corrected chi connectivity index (χ2v) is 4.62. The lowest BCUT2D eigenvalue weighted by Gasteiger charge is -1.95. The van der Waals surface area contributed by atoms with Gasteiger partial charge in [0.05, 0.1) is 11.8 Å². The number of rotatable bonds is 5. The summed E-state index contributed by atoms with van der Waals surface area (Å²) in [5, 5.41) is 13.6. The monoisotopic (exact) mass is 257 g/mol. The predicted octanol–water partition coefficient (Wildman–Crippen LogP) is 2.60. The Hall–Kier alpha value is -0.910. The average Bonchev–Trinajstić information content (AvgIpc) is 2.87. The third kappa shape index (κ3) is 2.61. The third-order valence-electron chi connectivity index (χ3n) is 2.08. The molecule has 0 aliphatic heterocycles. The van der Waals surface area contributed by atoms with Gasteiger partial charge >= 0.3 is 0 Å². The molecule has 0 aliphatic rings. The third-order valence-corrected chi connectivity index (χ3v) is 3.39. The van der Waals surface area contributed by atoms with E-state index in [4.69, 9.17) is 16.0 Å². The summed E-state index contributed by atoms with van der Waals surface area (Å²) in [6.07, 6.45) is 2.44. The van der Waals surface area contributed by atoms with E-state index in [2.05, 4.69) is 22.4 Å². The molecule has 0 aliphatic carbocycles. The van der Waals surface area contributed by atoms with Crippen molar-refractivity contribution in [3.8, 4) is 10.6 Å². The summed E-state index contributed by atoms with van der Waals surface area (Å²) < 4.78 is 5.02. The Morgan fingerprint density at radius 3 is 3.06 bits per heavy atom. The Morgan fingerprint density at radius 2 is 2.38 bits per heavy atom. The SMILES string of the molecule is CCNCCc1nnc(-c2ccoc2Cl)s1. The van der Waals surface area contributed by atoms with Crippen LogP contribution in [0.5, 0.6) is 0 Å². The zero-order valence-electron chi connectivity index (χ0n) is 8.86. The number of nitrogens with zero attached hydrogens (tertiary/aromatic N) is 2. The smallest absolute Gasteiger partial charge is 0.203 e. The molecule has 16 heavy (non-hydrogen) atoms. The number of aromatic nitrogens is 2. The molecule has 0 fully saturated rings. The van der Waals surface area contributed by atoms with Gasteiger partial charge < -0.3 is 9.73 Å². The van der Waals surface area contributed by atoms with Crippen LogP contribution in [0.4, 0.5) is 0 Å². The van der Waals surface area contributed by atoms with Crippen LogP contribution in [0.25, 0.3) is 10.6 Å². The van der Waals surface area contributed by atoms with Crippen molar-refractivity contribution < 1.29 is 4.42 Å². The van der Waals surface area contributed by atoms with Crippen LogP contribution in [0.15, 0.2) is 16.7 Å². The van der Waals surface area contributed by atoms with Gasteiger partial charge in [-0.15, -0.1) is 10.2 Å². The van der Waals surface area contributed by atoms with E-state index in [0.29, 0.717) is 5.22 Å². The lowest BCUT2D eigenvalue weighted by molar-refractivity contribution is 0.570. The summed E-state index contributed by atoms with van der Waals surface area (Å²) in [6, 6.07) is 1.80. The predicted molar refractivity (Wildman–Crippen MR) is 64.9 cm³/mol. The number of furan rings is 1. The first kappa shape index (κ1) is 11.6. The van der Waals surface area contributed by atoms with E-state index in [1.807, 2.05) is 0 Å². The van der Waals surface area contributed by atoms with Crippen LogP contribution in [-0.4, -0.2) is 23.3 Å². The quantitative estimate of drug-likeness (QED) is 0.837. The van der Waals surface area contributed by atoms with E-state index in [1.165, 1.54) is 0 Å². The largest absolute Gasteiger partial charge is 0.452 e. The molecule has 2 aromatic rings. The van der Waals surface area contributed by atoms with Crippen LogP contribution in [0.3, 0.4) is 0 Å². The topological polar surface area (TPSA) is 51.0 Å². The van der Waals surface area contributed by atoms with Gasteiger partial charge in [0.1, 0.15) is 5.01 Å². The van der Waals surface area contributed by atoms with Crippen LogP contribution in [-0.2, 0) is 6.42 Å². The lowest BCUT2D eigenvalue weighted by atomic mass is 10.4. The molecule has 0 spiro atoms. The molecule has 0 unspecified atom stereocenters. The summed E-state index contributed by atoms with van der Waals surface area (Å²) in [5.41, 5.74) is 0.814. The number of halogens is 1. The number of likely N-dealkylation sites (N-methyl/N-ethyl adjacent to an activating group) is 1. The van der Waals surface area contributed by atoms with Crippen LogP contribution >= 0.6 is 22.9 Å². The summed E-state index contributed by atoms with van der Waals surface area (Å²) in [4.78, 5) is 0. The van der Waals surface area contributed by atoms with E-state index in [-0.39, 0.29) is 0 Å². The molecule has 2 aromatic heterocycles. The van der Waals surface area contributed by atoms with Gasteiger partial charge in [0.25, 0.3) is 0 Å². The van der Waals surface area contributed by atoms with E-state index in [0.717, 1.165) is 35.1 Å². The average molecular weight is 258 g/mol. The summed E-state index contributed by atoms with van der Waals surface area (Å²) in [5.74, 6) is 0. The maximum atomic E-state index is 5.87. The van der Waals surface area contributed by atoms with E-state index in [1.54, 1.807) is 23.7 Å². The number of hydrogen-bond donors (Lipinski definition) is 1. The Kier molecular flexibility index (Phi) is 3.93. The Morgan fingerprint density at radius 1 is 1.50 bits per heavy atom. The van der Waals surface area contributed by atoms with Gasteiger partial charge in [0, 0.05) is 13.0 Å². The number of hydrogen-bond acceptors (Lipinski definition) is 5. The van der Waals surface area contributed by atoms with Crippen molar-refractivity contribution in [3.63, 3.8) is 0 Å². The molecule has 0 aromatic carbocycles. The molecule has 0 radical (unpaired) electrons. The van der Waals surface area contributed by atoms with Gasteiger partial charge in [0.2, 0.25) is 5.22 Å². The van der Waals surface area contributed by atoms with Gasteiger partial charge in [-0.2, -0.15) is 0 Å². The van der Waals surface area contributed by atoms with Crippen LogP contribution < -0.4 is 5.32 Å². The van der Waals surface area contributed by atoms with Gasteiger partial charge in [-0.3, -0.25) is 0 Å². The van der Waals surface area contributed by atoms with Crippen molar-refractivity contribution in [1.82, 2.24) is 15.5 Å². The highest BCUT2D eigenvalue weighted by Gasteiger charge is 2.11. The number of nitrogens with one attached hydrogen (secondary N) is 1. The molecule has 86 valence electrons. The zero-order valence-corrected chi connectivity index (χ0v) is 10.4. The molecule has 0 saturated heterocycles. The van der Waals surface area contributed by atoms with Crippen LogP contribution in [0.2, 0.25) is 5.22 Å². The van der Waals surface area contributed by atoms with E-state index >= 15 is 0 Å². The fourth-order valence-corrected chi connectivity index (χ4v) is 2.40. The molecule has 2 heterocycles. The lowest BCUT2D eigenvalue weighted by Crippen LogP contribution is -2.15.